The van der Waals surface area contributed by atoms with Gasteiger partial charge in [-0.25, -0.2) is 15.0 Å². The average Bonchev–Trinajstić information content (AvgIpc) is 3.45. The van der Waals surface area contributed by atoms with Gasteiger partial charge in [-0.15, -0.1) is 0 Å². The fraction of sp³-hybridized carbons (Fsp3) is 0.185. The van der Waals surface area contributed by atoms with Crippen LogP contribution in [0.3, 0.4) is 0 Å². The molecule has 2 aromatic heterocycles. The lowest BCUT2D eigenvalue weighted by Gasteiger charge is -2.29. The molecule has 0 atom stereocenters. The number of anilines is 4. The van der Waals surface area contributed by atoms with Crippen LogP contribution in [0.5, 0.6) is 0 Å². The second-order valence-corrected chi connectivity index (χ2v) is 8.52. The molecule has 0 radical (unpaired) electrons. The van der Waals surface area contributed by atoms with E-state index in [4.69, 9.17) is 9.72 Å². The third-order valence-corrected chi connectivity index (χ3v) is 6.15. The number of aromatic nitrogens is 3. The molecule has 180 valence electrons. The SMILES string of the molecule is c1cncc(C2=NCN(c3ccc(Nc4nccc(-c5cccc(N6CCOCC6)c5)n4)cc3)N2)c1. The van der Waals surface area contributed by atoms with E-state index < -0.39 is 0 Å². The summed E-state index contributed by atoms with van der Waals surface area (Å²) in [6, 6.07) is 22.4. The summed E-state index contributed by atoms with van der Waals surface area (Å²) < 4.78 is 5.48. The fourth-order valence-corrected chi connectivity index (χ4v) is 4.26. The predicted molar refractivity (Wildman–Crippen MR) is 141 cm³/mol. The Bertz CT molecular complexity index is 1350. The van der Waals surface area contributed by atoms with Gasteiger partial charge in [0.1, 0.15) is 6.67 Å². The van der Waals surface area contributed by atoms with Crippen LogP contribution in [-0.4, -0.2) is 53.8 Å². The molecule has 0 unspecified atom stereocenters. The summed E-state index contributed by atoms with van der Waals surface area (Å²) in [4.78, 5) is 20.3. The molecule has 2 aliphatic heterocycles. The second-order valence-electron chi connectivity index (χ2n) is 8.52. The normalized spacial score (nSPS) is 15.4. The van der Waals surface area contributed by atoms with E-state index in [1.165, 1.54) is 5.69 Å². The van der Waals surface area contributed by atoms with E-state index in [1.54, 1.807) is 18.6 Å². The molecule has 2 aliphatic rings. The van der Waals surface area contributed by atoms with Crippen molar-refractivity contribution in [2.45, 2.75) is 0 Å². The molecule has 9 nitrogen and oxygen atoms in total. The molecule has 0 spiro atoms. The lowest BCUT2D eigenvalue weighted by Crippen LogP contribution is -2.36. The number of nitrogens with zero attached hydrogens (tertiary/aromatic N) is 6. The number of aliphatic imine (C=N–C) groups is 1. The maximum Gasteiger partial charge on any atom is 0.227 e. The number of morpholine rings is 1. The maximum absolute atomic E-state index is 5.48. The summed E-state index contributed by atoms with van der Waals surface area (Å²) in [5.41, 5.74) is 9.34. The number of ether oxygens (including phenoxy) is 1. The summed E-state index contributed by atoms with van der Waals surface area (Å²) in [5.74, 6) is 1.37. The second kappa shape index (κ2) is 10.0. The van der Waals surface area contributed by atoms with Crippen molar-refractivity contribution in [1.29, 1.82) is 0 Å². The van der Waals surface area contributed by atoms with E-state index in [2.05, 4.69) is 54.9 Å². The van der Waals surface area contributed by atoms with Crippen LogP contribution in [0.2, 0.25) is 0 Å². The molecule has 2 aromatic carbocycles. The number of amidine groups is 1. The Labute approximate surface area is 209 Å². The fourth-order valence-electron chi connectivity index (χ4n) is 4.26. The third-order valence-electron chi connectivity index (χ3n) is 6.15. The van der Waals surface area contributed by atoms with Crippen molar-refractivity contribution < 1.29 is 4.74 Å². The van der Waals surface area contributed by atoms with Gasteiger partial charge in [-0.1, -0.05) is 12.1 Å². The topological polar surface area (TPSA) is 90.8 Å². The predicted octanol–water partition coefficient (Wildman–Crippen LogP) is 3.85. The van der Waals surface area contributed by atoms with Crippen molar-refractivity contribution in [2.24, 2.45) is 4.99 Å². The van der Waals surface area contributed by atoms with Crippen LogP contribution < -0.4 is 20.7 Å². The first-order valence-corrected chi connectivity index (χ1v) is 11.9. The molecule has 4 heterocycles. The van der Waals surface area contributed by atoms with Crippen LogP contribution in [0.1, 0.15) is 5.56 Å². The van der Waals surface area contributed by atoms with E-state index in [0.29, 0.717) is 12.6 Å². The van der Waals surface area contributed by atoms with Crippen LogP contribution >= 0.6 is 0 Å². The zero-order chi connectivity index (χ0) is 24.2. The minimum Gasteiger partial charge on any atom is -0.378 e. The molecule has 6 rings (SSSR count). The Hall–Kier alpha value is -4.50. The summed E-state index contributed by atoms with van der Waals surface area (Å²) in [5, 5.41) is 5.31. The van der Waals surface area contributed by atoms with Gasteiger partial charge < -0.3 is 15.0 Å². The Morgan fingerprint density at radius 1 is 0.861 bits per heavy atom. The van der Waals surface area contributed by atoms with Crippen molar-refractivity contribution in [3.8, 4) is 11.3 Å². The number of rotatable bonds is 6. The smallest absolute Gasteiger partial charge is 0.227 e. The Kier molecular flexibility index (Phi) is 6.11. The summed E-state index contributed by atoms with van der Waals surface area (Å²) in [6.07, 6.45) is 5.34. The number of pyridine rings is 1. The molecule has 2 N–H and O–H groups in total. The molecule has 0 saturated carbocycles. The van der Waals surface area contributed by atoms with E-state index in [1.807, 2.05) is 47.5 Å². The quantitative estimate of drug-likeness (QED) is 0.432. The largest absolute Gasteiger partial charge is 0.378 e. The minimum absolute atomic E-state index is 0.533. The highest BCUT2D eigenvalue weighted by atomic mass is 16.5. The van der Waals surface area contributed by atoms with Gasteiger partial charge in [-0.05, 0) is 54.6 Å². The lowest BCUT2D eigenvalue weighted by atomic mass is 10.1. The van der Waals surface area contributed by atoms with Crippen molar-refractivity contribution in [2.75, 3.05) is 48.2 Å². The molecular weight excluding hydrogens is 452 g/mol. The van der Waals surface area contributed by atoms with Gasteiger partial charge in [0.05, 0.1) is 24.6 Å². The summed E-state index contributed by atoms with van der Waals surface area (Å²) in [6.45, 7) is 3.86. The van der Waals surface area contributed by atoms with Gasteiger partial charge >= 0.3 is 0 Å². The van der Waals surface area contributed by atoms with Gasteiger partial charge in [0, 0.05) is 54.2 Å². The minimum atomic E-state index is 0.533. The number of hydrogen-bond acceptors (Lipinski definition) is 9. The van der Waals surface area contributed by atoms with Crippen molar-refractivity contribution in [1.82, 2.24) is 20.4 Å². The number of hydrazine groups is 1. The van der Waals surface area contributed by atoms with Gasteiger partial charge in [-0.3, -0.25) is 15.4 Å². The monoisotopic (exact) mass is 478 g/mol. The molecule has 9 heteroatoms. The maximum atomic E-state index is 5.48. The molecule has 0 aliphatic carbocycles. The highest BCUT2D eigenvalue weighted by molar-refractivity contribution is 6.00. The Balaban J connectivity index is 1.13. The van der Waals surface area contributed by atoms with Gasteiger partial charge in [0.2, 0.25) is 5.95 Å². The highest BCUT2D eigenvalue weighted by Gasteiger charge is 2.17. The number of hydrogen-bond donors (Lipinski definition) is 2. The molecule has 4 aromatic rings. The first-order valence-electron chi connectivity index (χ1n) is 11.9. The first kappa shape index (κ1) is 22.0. The average molecular weight is 479 g/mol. The first-order chi connectivity index (χ1) is 17.8. The van der Waals surface area contributed by atoms with Crippen LogP contribution in [0.4, 0.5) is 23.0 Å². The van der Waals surface area contributed by atoms with E-state index in [9.17, 15) is 0 Å². The zero-order valence-electron chi connectivity index (χ0n) is 19.7. The van der Waals surface area contributed by atoms with Crippen molar-refractivity contribution in [3.63, 3.8) is 0 Å². The van der Waals surface area contributed by atoms with E-state index in [-0.39, 0.29) is 0 Å². The van der Waals surface area contributed by atoms with Gasteiger partial charge in [0.15, 0.2) is 5.84 Å². The Morgan fingerprint density at radius 2 is 1.72 bits per heavy atom. The van der Waals surface area contributed by atoms with Crippen LogP contribution in [0.15, 0.2) is 90.3 Å². The highest BCUT2D eigenvalue weighted by Crippen LogP contribution is 2.26. The van der Waals surface area contributed by atoms with Crippen LogP contribution in [-0.2, 0) is 4.74 Å². The van der Waals surface area contributed by atoms with E-state index >= 15 is 0 Å². The van der Waals surface area contributed by atoms with Crippen LogP contribution in [0.25, 0.3) is 11.3 Å². The summed E-state index contributed by atoms with van der Waals surface area (Å²) in [7, 11) is 0. The molecule has 36 heavy (non-hydrogen) atoms. The van der Waals surface area contributed by atoms with Crippen LogP contribution in [0, 0.1) is 0 Å². The van der Waals surface area contributed by atoms with Gasteiger partial charge in [0.25, 0.3) is 0 Å². The molecular formula is C27H26N8O. The zero-order valence-corrected chi connectivity index (χ0v) is 19.7. The molecule has 0 amide bonds. The standard InChI is InChI=1S/C27H26N8O/c1-3-20(17-24(5-1)34-13-15-36-16-14-34)25-10-12-29-27(32-25)31-22-6-8-23(9-7-22)35-19-30-26(33-35)21-4-2-11-28-18-21/h1-12,17-18H,13-16,19H2,(H,30,33)(H,29,31,32). The third kappa shape index (κ3) is 4.82. The molecule has 1 saturated heterocycles. The van der Waals surface area contributed by atoms with Crippen molar-refractivity contribution in [3.05, 3.63) is 90.9 Å². The van der Waals surface area contributed by atoms with Gasteiger partial charge in [-0.2, -0.15) is 0 Å². The summed E-state index contributed by atoms with van der Waals surface area (Å²) >= 11 is 0. The van der Waals surface area contributed by atoms with Crippen molar-refractivity contribution >= 4 is 28.8 Å². The number of benzene rings is 2. The van der Waals surface area contributed by atoms with E-state index in [0.717, 1.165) is 60.3 Å². The molecule has 1 fully saturated rings. The lowest BCUT2D eigenvalue weighted by molar-refractivity contribution is 0.122. The Morgan fingerprint density at radius 3 is 2.56 bits per heavy atom. The molecule has 0 bridgehead atoms. The number of nitrogens with one attached hydrogen (secondary N) is 2.